The largest absolute Gasteiger partial charge is 0.484 e. The van der Waals surface area contributed by atoms with Crippen LogP contribution < -0.4 is 10.5 Å². The Morgan fingerprint density at radius 2 is 1.79 bits per heavy atom. The van der Waals surface area contributed by atoms with Gasteiger partial charge in [-0.15, -0.1) is 0 Å². The van der Waals surface area contributed by atoms with Crippen LogP contribution in [0.25, 0.3) is 0 Å². The van der Waals surface area contributed by atoms with Gasteiger partial charge in [0.05, 0.1) is 0 Å². The molecule has 0 aromatic heterocycles. The maximum Gasteiger partial charge on any atom is 0.136 e. The summed E-state index contributed by atoms with van der Waals surface area (Å²) in [6.07, 6.45) is 0.790. The van der Waals surface area contributed by atoms with Gasteiger partial charge in [0.25, 0.3) is 0 Å². The van der Waals surface area contributed by atoms with Crippen molar-refractivity contribution in [3.63, 3.8) is 0 Å². The fraction of sp³-hybridized carbons (Fsp3) is 0.250. The van der Waals surface area contributed by atoms with Crippen LogP contribution in [0, 0.1) is 0 Å². The van der Waals surface area contributed by atoms with Gasteiger partial charge < -0.3 is 10.5 Å². The minimum absolute atomic E-state index is 0.148. The van der Waals surface area contributed by atoms with Crippen molar-refractivity contribution >= 4 is 11.6 Å². The number of nitrogens with two attached hydrogens (primary N) is 1. The molecule has 1 unspecified atom stereocenters. The molecule has 19 heavy (non-hydrogen) atoms. The van der Waals surface area contributed by atoms with Gasteiger partial charge in [0, 0.05) is 11.6 Å². The van der Waals surface area contributed by atoms with Crippen LogP contribution in [0.2, 0.25) is 5.02 Å². The standard InChI is InChI=1S/C16H18ClNO/c1-2-12-5-3-4-6-15(12)19-16(11-18)13-7-9-14(17)10-8-13/h3-10,16H,2,11,18H2,1H3. The summed E-state index contributed by atoms with van der Waals surface area (Å²) in [6.45, 7) is 2.54. The van der Waals surface area contributed by atoms with E-state index in [-0.39, 0.29) is 6.10 Å². The molecule has 2 aromatic carbocycles. The number of hydrogen-bond acceptors (Lipinski definition) is 2. The van der Waals surface area contributed by atoms with E-state index in [1.807, 2.05) is 42.5 Å². The lowest BCUT2D eigenvalue weighted by molar-refractivity contribution is 0.212. The van der Waals surface area contributed by atoms with E-state index < -0.39 is 0 Å². The van der Waals surface area contributed by atoms with Gasteiger partial charge in [-0.05, 0) is 35.7 Å². The van der Waals surface area contributed by atoms with E-state index in [9.17, 15) is 0 Å². The molecule has 2 nitrogen and oxygen atoms in total. The zero-order valence-corrected chi connectivity index (χ0v) is 11.7. The molecule has 100 valence electrons. The van der Waals surface area contributed by atoms with Crippen molar-refractivity contribution in [2.24, 2.45) is 5.73 Å². The van der Waals surface area contributed by atoms with E-state index >= 15 is 0 Å². The molecule has 2 aromatic rings. The summed E-state index contributed by atoms with van der Waals surface area (Å²) in [4.78, 5) is 0. The summed E-state index contributed by atoms with van der Waals surface area (Å²) in [5.74, 6) is 0.899. The first-order valence-corrected chi connectivity index (χ1v) is 6.82. The molecule has 0 fully saturated rings. The van der Waals surface area contributed by atoms with E-state index in [4.69, 9.17) is 22.1 Å². The molecule has 2 N–H and O–H groups in total. The van der Waals surface area contributed by atoms with Gasteiger partial charge >= 0.3 is 0 Å². The fourth-order valence-corrected chi connectivity index (χ4v) is 2.12. The van der Waals surface area contributed by atoms with Gasteiger partial charge in [-0.3, -0.25) is 0 Å². The maximum atomic E-state index is 6.04. The van der Waals surface area contributed by atoms with Crippen LogP contribution in [0.3, 0.4) is 0 Å². The van der Waals surface area contributed by atoms with Gasteiger partial charge in [-0.1, -0.05) is 48.9 Å². The Labute approximate surface area is 119 Å². The molecule has 1 atom stereocenters. The molecular formula is C16H18ClNO. The summed E-state index contributed by atoms with van der Waals surface area (Å²) in [5.41, 5.74) is 8.05. The number of rotatable bonds is 5. The predicted molar refractivity (Wildman–Crippen MR) is 79.7 cm³/mol. The number of ether oxygens (including phenoxy) is 1. The number of benzene rings is 2. The van der Waals surface area contributed by atoms with Crippen molar-refractivity contribution < 1.29 is 4.74 Å². The first kappa shape index (κ1) is 13.9. The highest BCUT2D eigenvalue weighted by molar-refractivity contribution is 6.30. The van der Waals surface area contributed by atoms with E-state index in [0.717, 1.165) is 17.7 Å². The third-order valence-electron chi connectivity index (χ3n) is 3.08. The van der Waals surface area contributed by atoms with Gasteiger partial charge in [0.1, 0.15) is 11.9 Å². The Bertz CT molecular complexity index is 525. The van der Waals surface area contributed by atoms with E-state index in [0.29, 0.717) is 11.6 Å². The molecule has 3 heteroatoms. The van der Waals surface area contributed by atoms with E-state index in [1.165, 1.54) is 5.56 Å². The second-order valence-electron chi connectivity index (χ2n) is 4.36. The lowest BCUT2D eigenvalue weighted by atomic mass is 10.1. The zero-order chi connectivity index (χ0) is 13.7. The minimum Gasteiger partial charge on any atom is -0.484 e. The Morgan fingerprint density at radius 3 is 2.42 bits per heavy atom. The lowest BCUT2D eigenvalue weighted by Crippen LogP contribution is -2.18. The van der Waals surface area contributed by atoms with Crippen LogP contribution in [-0.2, 0) is 6.42 Å². The molecule has 0 amide bonds. The molecule has 0 heterocycles. The predicted octanol–water partition coefficient (Wildman–Crippen LogP) is 3.98. The minimum atomic E-state index is -0.148. The van der Waals surface area contributed by atoms with Gasteiger partial charge in [0.2, 0.25) is 0 Å². The van der Waals surface area contributed by atoms with Crippen LogP contribution in [0.5, 0.6) is 5.75 Å². The van der Waals surface area contributed by atoms with Gasteiger partial charge in [-0.2, -0.15) is 0 Å². The average molecular weight is 276 g/mol. The molecule has 0 aliphatic carbocycles. The van der Waals surface area contributed by atoms with E-state index in [1.54, 1.807) is 0 Å². The highest BCUT2D eigenvalue weighted by Gasteiger charge is 2.13. The molecule has 0 saturated heterocycles. The molecule has 0 saturated carbocycles. The van der Waals surface area contributed by atoms with Crippen molar-refractivity contribution in [3.05, 3.63) is 64.7 Å². The zero-order valence-electron chi connectivity index (χ0n) is 11.0. The third kappa shape index (κ3) is 3.49. The van der Waals surface area contributed by atoms with Gasteiger partial charge in [-0.25, -0.2) is 0 Å². The summed E-state index contributed by atoms with van der Waals surface area (Å²) in [7, 11) is 0. The molecule has 0 aliphatic rings. The summed E-state index contributed by atoms with van der Waals surface area (Å²) in [5, 5.41) is 0.716. The number of hydrogen-bond donors (Lipinski definition) is 1. The normalized spacial score (nSPS) is 12.2. The maximum absolute atomic E-state index is 6.04. The van der Waals surface area contributed by atoms with Gasteiger partial charge in [0.15, 0.2) is 0 Å². The summed E-state index contributed by atoms with van der Waals surface area (Å²) in [6, 6.07) is 15.7. The molecule has 2 rings (SSSR count). The second-order valence-corrected chi connectivity index (χ2v) is 4.79. The first-order valence-electron chi connectivity index (χ1n) is 6.44. The topological polar surface area (TPSA) is 35.2 Å². The smallest absolute Gasteiger partial charge is 0.136 e. The first-order chi connectivity index (χ1) is 9.24. The number of halogens is 1. The van der Waals surface area contributed by atoms with Crippen LogP contribution in [0.1, 0.15) is 24.2 Å². The number of para-hydroxylation sites is 1. The lowest BCUT2D eigenvalue weighted by Gasteiger charge is -2.19. The molecule has 0 aliphatic heterocycles. The van der Waals surface area contributed by atoms with Crippen LogP contribution in [-0.4, -0.2) is 6.54 Å². The highest BCUT2D eigenvalue weighted by atomic mass is 35.5. The van der Waals surface area contributed by atoms with Crippen molar-refractivity contribution in [1.82, 2.24) is 0 Å². The van der Waals surface area contributed by atoms with Crippen molar-refractivity contribution in [1.29, 1.82) is 0 Å². The van der Waals surface area contributed by atoms with Crippen molar-refractivity contribution in [3.8, 4) is 5.75 Å². The molecule has 0 spiro atoms. The van der Waals surface area contributed by atoms with Crippen LogP contribution in [0.15, 0.2) is 48.5 Å². The Hall–Kier alpha value is -1.51. The van der Waals surface area contributed by atoms with Crippen LogP contribution >= 0.6 is 11.6 Å². The fourth-order valence-electron chi connectivity index (χ4n) is 1.99. The van der Waals surface area contributed by atoms with E-state index in [2.05, 4.69) is 13.0 Å². The average Bonchev–Trinajstić information content (AvgIpc) is 2.46. The summed E-state index contributed by atoms with van der Waals surface area (Å²) >= 11 is 5.90. The van der Waals surface area contributed by atoms with Crippen LogP contribution in [0.4, 0.5) is 0 Å². The molecule has 0 bridgehead atoms. The monoisotopic (exact) mass is 275 g/mol. The SMILES string of the molecule is CCc1ccccc1OC(CN)c1ccc(Cl)cc1. The molecular weight excluding hydrogens is 258 g/mol. The quantitative estimate of drug-likeness (QED) is 0.896. The Balaban J connectivity index is 2.21. The third-order valence-corrected chi connectivity index (χ3v) is 3.33. The second kappa shape index (κ2) is 6.60. The van der Waals surface area contributed by atoms with Crippen molar-refractivity contribution in [2.75, 3.05) is 6.54 Å². The van der Waals surface area contributed by atoms with Crippen molar-refractivity contribution in [2.45, 2.75) is 19.4 Å². The highest BCUT2D eigenvalue weighted by Crippen LogP contribution is 2.26. The Kier molecular flexibility index (Phi) is 4.83. The summed E-state index contributed by atoms with van der Waals surface area (Å²) < 4.78 is 6.04. The number of aryl methyl sites for hydroxylation is 1. The Morgan fingerprint density at radius 1 is 1.11 bits per heavy atom. The molecule has 0 radical (unpaired) electrons.